The van der Waals surface area contributed by atoms with E-state index < -0.39 is 11.4 Å². The van der Waals surface area contributed by atoms with Crippen LogP contribution in [-0.2, 0) is 9.53 Å². The first-order valence-corrected chi connectivity index (χ1v) is 7.23. The number of carboxylic acids is 1. The molecule has 1 saturated heterocycles. The topological polar surface area (TPSA) is 78.9 Å². The van der Waals surface area contributed by atoms with Crippen molar-refractivity contribution >= 4 is 12.0 Å². The smallest absolute Gasteiger partial charge is 0.317 e. The number of aliphatic carboxylic acids is 1. The van der Waals surface area contributed by atoms with Gasteiger partial charge in [-0.2, -0.15) is 0 Å². The van der Waals surface area contributed by atoms with Crippen LogP contribution in [0.3, 0.4) is 0 Å². The van der Waals surface area contributed by atoms with Crippen molar-refractivity contribution in [1.29, 1.82) is 0 Å². The molecule has 0 aromatic carbocycles. The number of amides is 2. The summed E-state index contributed by atoms with van der Waals surface area (Å²) in [6.07, 6.45) is 2.67. The lowest BCUT2D eigenvalue weighted by Crippen LogP contribution is -2.53. The third kappa shape index (κ3) is 4.10. The predicted molar refractivity (Wildman–Crippen MR) is 75.7 cm³/mol. The Labute approximate surface area is 120 Å². The molecule has 0 aromatic rings. The second-order valence-electron chi connectivity index (χ2n) is 5.60. The summed E-state index contributed by atoms with van der Waals surface area (Å²) in [5.74, 6) is -0.801. The number of urea groups is 1. The van der Waals surface area contributed by atoms with Gasteiger partial charge in [0.2, 0.25) is 0 Å². The molecule has 0 aromatic heterocycles. The summed E-state index contributed by atoms with van der Waals surface area (Å²) in [6, 6.07) is -0.155. The van der Waals surface area contributed by atoms with Gasteiger partial charge in [-0.25, -0.2) is 4.79 Å². The number of methoxy groups -OCH3 is 1. The molecule has 0 spiro atoms. The highest BCUT2D eigenvalue weighted by atomic mass is 16.5. The van der Waals surface area contributed by atoms with Gasteiger partial charge in [0, 0.05) is 32.8 Å². The molecule has 1 aliphatic heterocycles. The number of rotatable bonds is 6. The summed E-state index contributed by atoms with van der Waals surface area (Å²) in [6.45, 7) is 5.30. The van der Waals surface area contributed by atoms with Gasteiger partial charge in [-0.3, -0.25) is 4.79 Å². The van der Waals surface area contributed by atoms with Crippen LogP contribution < -0.4 is 5.32 Å². The van der Waals surface area contributed by atoms with Crippen LogP contribution in [0.5, 0.6) is 0 Å². The van der Waals surface area contributed by atoms with Crippen LogP contribution >= 0.6 is 0 Å². The molecule has 0 bridgehead atoms. The third-order valence-corrected chi connectivity index (χ3v) is 4.12. The van der Waals surface area contributed by atoms with Crippen LogP contribution in [0.4, 0.5) is 4.79 Å². The Morgan fingerprint density at radius 2 is 2.20 bits per heavy atom. The van der Waals surface area contributed by atoms with E-state index in [1.807, 2.05) is 13.8 Å². The molecular weight excluding hydrogens is 260 g/mol. The lowest BCUT2D eigenvalue weighted by Gasteiger charge is -2.39. The Hall–Kier alpha value is -1.30. The molecule has 0 saturated carbocycles. The number of likely N-dealkylation sites (tertiary alicyclic amines) is 1. The van der Waals surface area contributed by atoms with Gasteiger partial charge in [-0.05, 0) is 32.6 Å². The number of carbonyl (C=O) groups excluding carboxylic acids is 1. The van der Waals surface area contributed by atoms with Crippen molar-refractivity contribution < 1.29 is 19.4 Å². The monoisotopic (exact) mass is 286 g/mol. The number of ether oxygens (including phenoxy) is 1. The van der Waals surface area contributed by atoms with Crippen molar-refractivity contribution in [3.63, 3.8) is 0 Å². The molecule has 0 radical (unpaired) electrons. The summed E-state index contributed by atoms with van der Waals surface area (Å²) in [4.78, 5) is 25.3. The minimum Gasteiger partial charge on any atom is -0.481 e. The van der Waals surface area contributed by atoms with Crippen molar-refractivity contribution in [2.45, 2.75) is 45.6 Å². The second kappa shape index (κ2) is 7.47. The van der Waals surface area contributed by atoms with Crippen molar-refractivity contribution in [3.05, 3.63) is 0 Å². The molecule has 116 valence electrons. The van der Waals surface area contributed by atoms with E-state index >= 15 is 0 Å². The van der Waals surface area contributed by atoms with Gasteiger partial charge in [0.1, 0.15) is 0 Å². The maximum Gasteiger partial charge on any atom is 0.317 e. The van der Waals surface area contributed by atoms with Crippen LogP contribution in [0.25, 0.3) is 0 Å². The summed E-state index contributed by atoms with van der Waals surface area (Å²) in [7, 11) is 1.63. The first-order valence-electron chi connectivity index (χ1n) is 7.23. The normalized spacial score (nSPS) is 24.2. The average Bonchev–Trinajstić information content (AvgIpc) is 2.44. The summed E-state index contributed by atoms with van der Waals surface area (Å²) in [5.41, 5.74) is -0.786. The van der Waals surface area contributed by atoms with E-state index in [9.17, 15) is 14.7 Å². The highest BCUT2D eigenvalue weighted by molar-refractivity contribution is 5.78. The highest BCUT2D eigenvalue weighted by Crippen LogP contribution is 2.33. The molecule has 0 aliphatic carbocycles. The van der Waals surface area contributed by atoms with E-state index in [1.165, 1.54) is 0 Å². The van der Waals surface area contributed by atoms with Crippen molar-refractivity contribution in [3.8, 4) is 0 Å². The van der Waals surface area contributed by atoms with Crippen LogP contribution in [0.2, 0.25) is 0 Å². The second-order valence-corrected chi connectivity index (χ2v) is 5.60. The molecule has 1 aliphatic rings. The van der Waals surface area contributed by atoms with E-state index in [1.54, 1.807) is 12.0 Å². The van der Waals surface area contributed by atoms with Gasteiger partial charge in [0.25, 0.3) is 0 Å². The molecule has 2 N–H and O–H groups in total. The lowest BCUT2D eigenvalue weighted by atomic mass is 9.78. The first kappa shape index (κ1) is 16.8. The molecule has 1 rings (SSSR count). The van der Waals surface area contributed by atoms with E-state index in [0.29, 0.717) is 32.5 Å². The summed E-state index contributed by atoms with van der Waals surface area (Å²) in [5, 5.41) is 12.3. The zero-order valence-corrected chi connectivity index (χ0v) is 12.6. The van der Waals surface area contributed by atoms with Gasteiger partial charge >= 0.3 is 12.0 Å². The van der Waals surface area contributed by atoms with Gasteiger partial charge < -0.3 is 20.1 Å². The number of nitrogens with one attached hydrogen (secondary N) is 1. The van der Waals surface area contributed by atoms with Gasteiger partial charge in [0.05, 0.1) is 5.41 Å². The predicted octanol–water partition coefficient (Wildman–Crippen LogP) is 1.70. The number of carbonyl (C=O) groups is 2. The quantitative estimate of drug-likeness (QED) is 0.779. The Kier molecular flexibility index (Phi) is 6.26. The SMILES string of the molecule is CCC1(C(=O)O)CCCN(C(=O)NC(C)CCOC)C1. The van der Waals surface area contributed by atoms with Crippen molar-refractivity contribution in [1.82, 2.24) is 10.2 Å². The van der Waals surface area contributed by atoms with E-state index in [4.69, 9.17) is 4.74 Å². The molecule has 2 atom stereocenters. The minimum atomic E-state index is -0.801. The van der Waals surface area contributed by atoms with E-state index in [0.717, 1.165) is 12.8 Å². The van der Waals surface area contributed by atoms with Crippen molar-refractivity contribution in [2.24, 2.45) is 5.41 Å². The van der Waals surface area contributed by atoms with Crippen molar-refractivity contribution in [2.75, 3.05) is 26.8 Å². The zero-order valence-electron chi connectivity index (χ0n) is 12.6. The number of carboxylic acid groups (broad SMARTS) is 1. The van der Waals surface area contributed by atoms with E-state index in [-0.39, 0.29) is 12.1 Å². The Balaban J connectivity index is 2.58. The summed E-state index contributed by atoms with van der Waals surface area (Å²) < 4.78 is 4.98. The molecule has 6 nitrogen and oxygen atoms in total. The molecule has 2 amide bonds. The fraction of sp³-hybridized carbons (Fsp3) is 0.857. The van der Waals surface area contributed by atoms with E-state index in [2.05, 4.69) is 5.32 Å². The molecule has 2 unspecified atom stereocenters. The Morgan fingerprint density at radius 1 is 1.50 bits per heavy atom. The van der Waals surface area contributed by atoms with Crippen LogP contribution in [0.1, 0.15) is 39.5 Å². The van der Waals surface area contributed by atoms with Crippen LogP contribution in [0, 0.1) is 5.41 Å². The number of nitrogens with zero attached hydrogens (tertiary/aromatic N) is 1. The number of hydrogen-bond acceptors (Lipinski definition) is 3. The molecule has 1 heterocycles. The van der Waals surface area contributed by atoms with Gasteiger partial charge in [-0.1, -0.05) is 6.92 Å². The number of hydrogen-bond donors (Lipinski definition) is 2. The summed E-state index contributed by atoms with van der Waals surface area (Å²) >= 11 is 0. The number of piperidine rings is 1. The Morgan fingerprint density at radius 3 is 2.75 bits per heavy atom. The molecule has 1 fully saturated rings. The van der Waals surface area contributed by atoms with Gasteiger partial charge in [0.15, 0.2) is 0 Å². The zero-order chi connectivity index (χ0) is 15.2. The third-order valence-electron chi connectivity index (χ3n) is 4.12. The fourth-order valence-corrected chi connectivity index (χ4v) is 2.59. The standard InChI is InChI=1S/C14H26N2O4/c1-4-14(12(17)18)7-5-8-16(10-14)13(19)15-11(2)6-9-20-3/h11H,4-10H2,1-3H3,(H,15,19)(H,17,18). The average molecular weight is 286 g/mol. The maximum atomic E-state index is 12.2. The maximum absolute atomic E-state index is 12.2. The van der Waals surface area contributed by atoms with Gasteiger partial charge in [-0.15, -0.1) is 0 Å². The fourth-order valence-electron chi connectivity index (χ4n) is 2.59. The molecular formula is C14H26N2O4. The Bertz CT molecular complexity index is 348. The minimum absolute atomic E-state index is 0.0187. The first-order chi connectivity index (χ1) is 9.45. The highest BCUT2D eigenvalue weighted by Gasteiger charge is 2.42. The molecule has 6 heteroatoms. The van der Waals surface area contributed by atoms with Crippen LogP contribution in [0.15, 0.2) is 0 Å². The lowest BCUT2D eigenvalue weighted by molar-refractivity contribution is -0.152. The largest absolute Gasteiger partial charge is 0.481 e. The van der Waals surface area contributed by atoms with Crippen LogP contribution in [-0.4, -0.2) is 54.9 Å². The molecule has 20 heavy (non-hydrogen) atoms.